The van der Waals surface area contributed by atoms with Crippen molar-refractivity contribution >= 4 is 16.7 Å². The van der Waals surface area contributed by atoms with Gasteiger partial charge in [-0.1, -0.05) is 6.07 Å². The van der Waals surface area contributed by atoms with Gasteiger partial charge in [0.1, 0.15) is 5.82 Å². The Hall–Kier alpha value is -1.48. The second-order valence-electron chi connectivity index (χ2n) is 7.02. The lowest BCUT2D eigenvalue weighted by Crippen LogP contribution is -2.39. The van der Waals surface area contributed by atoms with E-state index in [4.69, 9.17) is 0 Å². The molecule has 3 heteroatoms. The molecule has 1 N–H and O–H groups in total. The van der Waals surface area contributed by atoms with Crippen LogP contribution >= 0.6 is 0 Å². The molecular formula is C18H23N3. The molecule has 0 amide bonds. The molecular weight excluding hydrogens is 258 g/mol. The molecule has 1 atom stereocenters. The minimum Gasteiger partial charge on any atom is -0.358 e. The number of aryl methyl sites for hydroxylation is 1. The maximum Gasteiger partial charge on any atom is 0.112 e. The zero-order valence-corrected chi connectivity index (χ0v) is 12.7. The first-order valence-electron chi connectivity index (χ1n) is 8.41. The van der Waals surface area contributed by atoms with Gasteiger partial charge in [0.15, 0.2) is 0 Å². The van der Waals surface area contributed by atoms with Crippen molar-refractivity contribution < 1.29 is 0 Å². The molecule has 1 unspecified atom stereocenters. The highest BCUT2D eigenvalue weighted by atomic mass is 15.3. The Labute approximate surface area is 125 Å². The zero-order valence-electron chi connectivity index (χ0n) is 12.7. The Morgan fingerprint density at radius 1 is 1.10 bits per heavy atom. The number of aromatic nitrogens is 1. The Morgan fingerprint density at radius 3 is 2.71 bits per heavy atom. The van der Waals surface area contributed by atoms with Crippen LogP contribution in [0, 0.1) is 0 Å². The van der Waals surface area contributed by atoms with Crippen LogP contribution in [0.25, 0.3) is 10.9 Å². The van der Waals surface area contributed by atoms with Crippen LogP contribution in [0.5, 0.6) is 0 Å². The Morgan fingerprint density at radius 2 is 1.95 bits per heavy atom. The van der Waals surface area contributed by atoms with Crippen LogP contribution < -0.4 is 10.2 Å². The number of anilines is 1. The van der Waals surface area contributed by atoms with Crippen LogP contribution in [-0.2, 0) is 7.05 Å². The van der Waals surface area contributed by atoms with E-state index in [0.29, 0.717) is 5.92 Å². The standard InChI is InChI=1S/C18H23N3/c1-20-16-3-2-13(14-4-7-19-11-14)10-15(16)17-12-5-8-21(9-6-12)18(17)20/h2-3,10,12,14,19H,4-9,11H2,1H3. The van der Waals surface area contributed by atoms with Gasteiger partial charge in [0.2, 0.25) is 0 Å². The molecule has 0 spiro atoms. The topological polar surface area (TPSA) is 20.2 Å². The van der Waals surface area contributed by atoms with E-state index in [0.717, 1.165) is 12.5 Å². The number of benzene rings is 1. The molecule has 1 aromatic carbocycles. The third-order valence-electron chi connectivity index (χ3n) is 5.97. The minimum atomic E-state index is 0.714. The van der Waals surface area contributed by atoms with Gasteiger partial charge in [-0.25, -0.2) is 0 Å². The van der Waals surface area contributed by atoms with Gasteiger partial charge in [-0.15, -0.1) is 0 Å². The van der Waals surface area contributed by atoms with E-state index >= 15 is 0 Å². The first-order valence-corrected chi connectivity index (χ1v) is 8.41. The summed E-state index contributed by atoms with van der Waals surface area (Å²) in [5.74, 6) is 3.02. The smallest absolute Gasteiger partial charge is 0.112 e. The van der Waals surface area contributed by atoms with Crippen molar-refractivity contribution in [2.24, 2.45) is 7.05 Å². The summed E-state index contributed by atoms with van der Waals surface area (Å²) in [5.41, 5.74) is 4.61. The number of hydrogen-bond donors (Lipinski definition) is 1. The highest BCUT2D eigenvalue weighted by Gasteiger charge is 2.35. The second kappa shape index (κ2) is 4.26. The van der Waals surface area contributed by atoms with Gasteiger partial charge >= 0.3 is 0 Å². The molecule has 3 nitrogen and oxygen atoms in total. The van der Waals surface area contributed by atoms with Crippen LogP contribution in [0.15, 0.2) is 18.2 Å². The summed E-state index contributed by atoms with van der Waals surface area (Å²) in [6.07, 6.45) is 3.98. The number of nitrogens with one attached hydrogen (secondary N) is 1. The fourth-order valence-corrected chi connectivity index (χ4v) is 4.84. The molecule has 0 aliphatic carbocycles. The van der Waals surface area contributed by atoms with Crippen LogP contribution in [0.1, 0.15) is 42.2 Å². The Bertz CT molecular complexity index is 701. The van der Waals surface area contributed by atoms with E-state index in [1.54, 1.807) is 5.56 Å². The summed E-state index contributed by atoms with van der Waals surface area (Å²) in [5, 5.41) is 5.03. The zero-order chi connectivity index (χ0) is 14.0. The number of rotatable bonds is 1. The molecule has 2 fully saturated rings. The molecule has 6 rings (SSSR count). The van der Waals surface area contributed by atoms with E-state index < -0.39 is 0 Å². The van der Waals surface area contributed by atoms with Gasteiger partial charge < -0.3 is 14.8 Å². The van der Waals surface area contributed by atoms with Crippen molar-refractivity contribution in [2.75, 3.05) is 31.1 Å². The minimum absolute atomic E-state index is 0.714. The van der Waals surface area contributed by atoms with Crippen molar-refractivity contribution in [3.8, 4) is 0 Å². The van der Waals surface area contributed by atoms with Gasteiger partial charge in [-0.2, -0.15) is 0 Å². The van der Waals surface area contributed by atoms with Crippen molar-refractivity contribution in [3.63, 3.8) is 0 Å². The van der Waals surface area contributed by atoms with Gasteiger partial charge in [-0.3, -0.25) is 0 Å². The second-order valence-corrected chi connectivity index (χ2v) is 7.02. The SMILES string of the molecule is Cn1c2c(c3cc(C4CCNC4)ccc31)C1CCN2CC1. The number of hydrogen-bond acceptors (Lipinski definition) is 2. The van der Waals surface area contributed by atoms with Crippen molar-refractivity contribution in [2.45, 2.75) is 31.1 Å². The summed E-state index contributed by atoms with van der Waals surface area (Å²) in [7, 11) is 2.25. The third-order valence-corrected chi connectivity index (χ3v) is 5.97. The normalized spacial score (nSPS) is 25.0. The maximum absolute atomic E-state index is 3.50. The lowest BCUT2D eigenvalue weighted by molar-refractivity contribution is 0.469. The molecule has 4 aliphatic rings. The van der Waals surface area contributed by atoms with Gasteiger partial charge in [0, 0.05) is 43.1 Å². The lowest BCUT2D eigenvalue weighted by Gasteiger charge is -2.41. The quantitative estimate of drug-likeness (QED) is 0.867. The summed E-state index contributed by atoms with van der Waals surface area (Å²) < 4.78 is 2.44. The van der Waals surface area contributed by atoms with E-state index in [2.05, 4.69) is 40.0 Å². The fourth-order valence-electron chi connectivity index (χ4n) is 4.84. The average Bonchev–Trinajstić information content (AvgIpc) is 3.17. The largest absolute Gasteiger partial charge is 0.358 e. The highest BCUT2D eigenvalue weighted by Crippen LogP contribution is 2.47. The molecule has 2 aromatic rings. The van der Waals surface area contributed by atoms with Gasteiger partial charge in [0.05, 0.1) is 0 Å². The molecule has 2 saturated heterocycles. The van der Waals surface area contributed by atoms with E-state index in [1.807, 2.05) is 0 Å². The first-order chi connectivity index (χ1) is 10.3. The highest BCUT2D eigenvalue weighted by molar-refractivity contribution is 5.92. The van der Waals surface area contributed by atoms with Crippen molar-refractivity contribution in [1.82, 2.24) is 9.88 Å². The van der Waals surface area contributed by atoms with E-state index in [-0.39, 0.29) is 0 Å². The van der Waals surface area contributed by atoms with Crippen LogP contribution in [0.4, 0.5) is 5.82 Å². The van der Waals surface area contributed by atoms with E-state index in [9.17, 15) is 0 Å². The Balaban J connectivity index is 1.73. The van der Waals surface area contributed by atoms with Gasteiger partial charge in [-0.05, 0) is 55.3 Å². The number of fused-ring (bicyclic) bond motifs is 3. The lowest BCUT2D eigenvalue weighted by atomic mass is 9.83. The maximum atomic E-state index is 3.50. The summed E-state index contributed by atoms with van der Waals surface area (Å²) in [4.78, 5) is 2.60. The van der Waals surface area contributed by atoms with Crippen LogP contribution in [-0.4, -0.2) is 30.7 Å². The number of nitrogens with zero attached hydrogens (tertiary/aromatic N) is 2. The van der Waals surface area contributed by atoms with Crippen LogP contribution in [0.3, 0.4) is 0 Å². The van der Waals surface area contributed by atoms with E-state index in [1.165, 1.54) is 61.2 Å². The Kier molecular flexibility index (Phi) is 2.46. The summed E-state index contributed by atoms with van der Waals surface area (Å²) in [6.45, 7) is 4.82. The molecule has 110 valence electrons. The predicted octanol–water partition coefficient (Wildman–Crippen LogP) is 2.95. The first kappa shape index (κ1) is 12.1. The molecule has 21 heavy (non-hydrogen) atoms. The fraction of sp³-hybridized carbons (Fsp3) is 0.556. The monoisotopic (exact) mass is 281 g/mol. The molecule has 4 aliphatic heterocycles. The number of piperidine rings is 1. The molecule has 1 aromatic heterocycles. The van der Waals surface area contributed by atoms with Gasteiger partial charge in [0.25, 0.3) is 0 Å². The third kappa shape index (κ3) is 1.58. The average molecular weight is 281 g/mol. The molecule has 0 saturated carbocycles. The molecule has 0 radical (unpaired) electrons. The predicted molar refractivity (Wildman–Crippen MR) is 87.3 cm³/mol. The van der Waals surface area contributed by atoms with Crippen molar-refractivity contribution in [1.29, 1.82) is 0 Å². The summed E-state index contributed by atoms with van der Waals surface area (Å²) >= 11 is 0. The molecule has 2 bridgehead atoms. The summed E-state index contributed by atoms with van der Waals surface area (Å²) in [6, 6.07) is 7.23. The van der Waals surface area contributed by atoms with Crippen molar-refractivity contribution in [3.05, 3.63) is 29.3 Å². The van der Waals surface area contributed by atoms with Crippen LogP contribution in [0.2, 0.25) is 0 Å². The molecule has 5 heterocycles.